The van der Waals surface area contributed by atoms with Crippen LogP contribution in [0.4, 0.5) is 34.1 Å². The summed E-state index contributed by atoms with van der Waals surface area (Å²) >= 11 is 0. The van der Waals surface area contributed by atoms with Gasteiger partial charge in [0.2, 0.25) is 0 Å². The molecular weight excluding hydrogens is 901 g/mol. The Morgan fingerprint density at radius 2 is 0.649 bits per heavy atom. The van der Waals surface area contributed by atoms with Gasteiger partial charge in [0, 0.05) is 53.1 Å². The number of nitrogens with zero attached hydrogens (tertiary/aromatic N) is 6. The second kappa shape index (κ2) is 18.1. The van der Waals surface area contributed by atoms with E-state index >= 15 is 0 Å². The molecule has 6 nitrogen and oxygen atoms in total. The van der Waals surface area contributed by atoms with Crippen molar-refractivity contribution in [2.75, 3.05) is 9.80 Å². The molecule has 0 spiro atoms. The van der Waals surface area contributed by atoms with Crippen LogP contribution in [0.25, 0.3) is 45.3 Å². The lowest BCUT2D eigenvalue weighted by atomic mass is 9.80. The lowest BCUT2D eigenvalue weighted by molar-refractivity contribution is 0.993. The largest absolute Gasteiger partial charge is 0.309 e. The van der Waals surface area contributed by atoms with E-state index in [0.717, 1.165) is 52.0 Å². The average Bonchev–Trinajstić information content (AvgIpc) is 3.43. The summed E-state index contributed by atoms with van der Waals surface area (Å²) in [6.07, 6.45) is 5.85. The fraction of sp³-hybridized carbons (Fsp3) is 0.265. The molecule has 0 amide bonds. The standard InChI is InChI=1S/C68H68N6/c1-35-39(5)47(13)62-55(43(35)9)32-56-44(10)36(2)40(6)48(14)63(56)73(62)60-29-30-69-34-59(60)54-28-27-53(68-71-66(51-23-19-17-20-24-51)70-67(72-68)52-25-21-18-22-26-52)31-61(54)74-64-49(15)41(7)37(3)45(11)57(64)33-58-46(12)38(4)42(8)50(16)65(58)74/h17-31,34H,32-33H2,1-16H3. The van der Waals surface area contributed by atoms with Crippen LogP contribution in [0.15, 0.2) is 97.3 Å². The van der Waals surface area contributed by atoms with Crippen LogP contribution in [0.3, 0.4) is 0 Å². The normalized spacial score (nSPS) is 12.7. The Balaban J connectivity index is 1.28. The van der Waals surface area contributed by atoms with Gasteiger partial charge in [0.25, 0.3) is 0 Å². The highest BCUT2D eigenvalue weighted by molar-refractivity contribution is 6.01. The van der Waals surface area contributed by atoms with Gasteiger partial charge in [-0.1, -0.05) is 72.8 Å². The van der Waals surface area contributed by atoms with Crippen molar-refractivity contribution in [1.29, 1.82) is 0 Å². The maximum atomic E-state index is 5.34. The van der Waals surface area contributed by atoms with E-state index in [-0.39, 0.29) is 0 Å². The Bertz CT molecular complexity index is 3650. The SMILES string of the molecule is Cc1c(C)c(C)c2c(c1C)Cc1c(C)c(C)c(C)c(C)c1N2c1ccncc1-c1ccc(-c2nc(-c3ccccc3)nc(-c3ccccc3)n2)cc1N1c2c(C)c(C)c(C)c(C)c2Cc2c(C)c(C)c(C)c(C)c21. The van der Waals surface area contributed by atoms with E-state index in [1.165, 1.54) is 134 Å². The maximum absolute atomic E-state index is 5.34. The molecule has 0 bridgehead atoms. The molecule has 9 aromatic rings. The molecule has 11 rings (SSSR count). The number of hydrogen-bond donors (Lipinski definition) is 0. The third-order valence-corrected chi connectivity index (χ3v) is 18.3. The van der Waals surface area contributed by atoms with Gasteiger partial charge in [-0.2, -0.15) is 0 Å². The van der Waals surface area contributed by atoms with Crippen molar-refractivity contribution in [1.82, 2.24) is 19.9 Å². The van der Waals surface area contributed by atoms with Crippen LogP contribution in [0, 0.1) is 111 Å². The van der Waals surface area contributed by atoms with Crippen LogP contribution < -0.4 is 9.80 Å². The smallest absolute Gasteiger partial charge is 0.164 e. The minimum atomic E-state index is 0.614. The van der Waals surface area contributed by atoms with E-state index in [4.69, 9.17) is 19.9 Å². The third kappa shape index (κ3) is 7.27. The molecule has 0 fully saturated rings. The molecular formula is C68H68N6. The molecule has 0 saturated carbocycles. The van der Waals surface area contributed by atoms with Crippen molar-refractivity contribution < 1.29 is 0 Å². The lowest BCUT2D eigenvalue weighted by Gasteiger charge is -2.42. The highest BCUT2D eigenvalue weighted by Gasteiger charge is 2.37. The van der Waals surface area contributed by atoms with Gasteiger partial charge in [-0.15, -0.1) is 0 Å². The number of rotatable bonds is 6. The van der Waals surface area contributed by atoms with E-state index in [0.29, 0.717) is 17.5 Å². The first kappa shape index (κ1) is 48.6. The first-order valence-corrected chi connectivity index (χ1v) is 26.3. The van der Waals surface area contributed by atoms with Crippen molar-refractivity contribution in [3.8, 4) is 45.3 Å². The summed E-state index contributed by atoms with van der Waals surface area (Å²) in [5.41, 5.74) is 39.1. The van der Waals surface area contributed by atoms with E-state index in [1.54, 1.807) is 0 Å². The van der Waals surface area contributed by atoms with Crippen LogP contribution in [0.1, 0.15) is 111 Å². The van der Waals surface area contributed by atoms with Gasteiger partial charge >= 0.3 is 0 Å². The highest BCUT2D eigenvalue weighted by Crippen LogP contribution is 2.57. The Labute approximate surface area is 439 Å². The van der Waals surface area contributed by atoms with Crippen LogP contribution in [-0.4, -0.2) is 19.9 Å². The van der Waals surface area contributed by atoms with Gasteiger partial charge in [0.15, 0.2) is 17.5 Å². The lowest BCUT2D eigenvalue weighted by Crippen LogP contribution is -2.26. The molecule has 0 saturated heterocycles. The number of aromatic nitrogens is 4. The highest BCUT2D eigenvalue weighted by atomic mass is 15.2. The molecule has 0 unspecified atom stereocenters. The van der Waals surface area contributed by atoms with Crippen molar-refractivity contribution in [2.45, 2.75) is 124 Å². The molecule has 74 heavy (non-hydrogen) atoms. The Morgan fingerprint density at radius 1 is 0.311 bits per heavy atom. The summed E-state index contributed by atoms with van der Waals surface area (Å²) in [7, 11) is 0. The van der Waals surface area contributed by atoms with Crippen LogP contribution in [0.5, 0.6) is 0 Å². The molecule has 0 aliphatic carbocycles. The number of pyridine rings is 1. The summed E-state index contributed by atoms with van der Waals surface area (Å²) in [5.74, 6) is 1.88. The van der Waals surface area contributed by atoms with Crippen molar-refractivity contribution >= 4 is 34.1 Å². The van der Waals surface area contributed by atoms with Gasteiger partial charge in [0.05, 0.1) is 34.1 Å². The summed E-state index contributed by atoms with van der Waals surface area (Å²) < 4.78 is 0. The predicted octanol–water partition coefficient (Wildman–Crippen LogP) is 17.6. The predicted molar refractivity (Wildman–Crippen MR) is 310 cm³/mol. The van der Waals surface area contributed by atoms with Gasteiger partial charge in [-0.05, 0) is 234 Å². The molecule has 2 aliphatic rings. The quantitative estimate of drug-likeness (QED) is 0.165. The van der Waals surface area contributed by atoms with Gasteiger partial charge < -0.3 is 9.80 Å². The van der Waals surface area contributed by atoms with E-state index < -0.39 is 0 Å². The fourth-order valence-corrected chi connectivity index (χ4v) is 12.4. The zero-order chi connectivity index (χ0) is 52.3. The summed E-state index contributed by atoms with van der Waals surface area (Å²) in [6.45, 7) is 37.1. The van der Waals surface area contributed by atoms with Crippen molar-refractivity contribution in [3.05, 3.63) is 209 Å². The summed E-state index contributed by atoms with van der Waals surface area (Å²) in [4.78, 5) is 26.1. The molecule has 0 atom stereocenters. The van der Waals surface area contributed by atoms with Crippen molar-refractivity contribution in [3.63, 3.8) is 0 Å². The Hall–Kier alpha value is -7.70. The van der Waals surface area contributed by atoms with Gasteiger partial charge in [0.1, 0.15) is 0 Å². The monoisotopic (exact) mass is 969 g/mol. The zero-order valence-corrected chi connectivity index (χ0v) is 46.3. The molecule has 2 aromatic heterocycles. The second-order valence-electron chi connectivity index (χ2n) is 21.5. The van der Waals surface area contributed by atoms with Crippen LogP contribution in [-0.2, 0) is 12.8 Å². The molecule has 6 heteroatoms. The molecule has 0 radical (unpaired) electrons. The Kier molecular flexibility index (Phi) is 11.8. The summed E-state index contributed by atoms with van der Waals surface area (Å²) in [5, 5.41) is 0. The van der Waals surface area contributed by atoms with E-state index in [1.807, 2.05) is 42.6 Å². The maximum Gasteiger partial charge on any atom is 0.164 e. The minimum absolute atomic E-state index is 0.614. The molecule has 4 heterocycles. The first-order chi connectivity index (χ1) is 35.4. The molecule has 7 aromatic carbocycles. The number of hydrogen-bond acceptors (Lipinski definition) is 6. The molecule has 2 aliphatic heterocycles. The third-order valence-electron chi connectivity index (χ3n) is 18.3. The van der Waals surface area contributed by atoms with E-state index in [2.05, 4.69) is 175 Å². The number of benzene rings is 7. The number of fused-ring (bicyclic) bond motifs is 4. The number of anilines is 6. The fourth-order valence-electron chi connectivity index (χ4n) is 12.4. The topological polar surface area (TPSA) is 58.0 Å². The van der Waals surface area contributed by atoms with Gasteiger partial charge in [-0.25, -0.2) is 15.0 Å². The van der Waals surface area contributed by atoms with Crippen LogP contribution >= 0.6 is 0 Å². The average molecular weight is 969 g/mol. The molecule has 370 valence electrons. The molecule has 0 N–H and O–H groups in total. The van der Waals surface area contributed by atoms with Crippen LogP contribution in [0.2, 0.25) is 0 Å². The first-order valence-electron chi connectivity index (χ1n) is 26.3. The van der Waals surface area contributed by atoms with Gasteiger partial charge in [-0.3, -0.25) is 4.98 Å². The van der Waals surface area contributed by atoms with E-state index in [9.17, 15) is 0 Å². The zero-order valence-electron chi connectivity index (χ0n) is 46.3. The second-order valence-corrected chi connectivity index (χ2v) is 21.5. The minimum Gasteiger partial charge on any atom is -0.309 e. The summed E-state index contributed by atoms with van der Waals surface area (Å²) in [6, 6.07) is 29.7. The van der Waals surface area contributed by atoms with Crippen molar-refractivity contribution in [2.24, 2.45) is 0 Å². The Morgan fingerprint density at radius 3 is 1.03 bits per heavy atom.